The van der Waals surface area contributed by atoms with Crippen molar-refractivity contribution in [3.05, 3.63) is 33.9 Å². The standard InChI is InChI=1S/C15H20BrNO3/c1-2-12-5-3-4-6-14(12)20-15-8-7-11(10-16)9-13(15)17(18)19/h7-9,12,14H,2-6,10H2,1H3. The molecule has 0 amide bonds. The smallest absolute Gasteiger partial charge is 0.311 e. The number of nitrogens with zero attached hydrogens (tertiary/aromatic N) is 1. The average molecular weight is 342 g/mol. The molecule has 4 nitrogen and oxygen atoms in total. The molecule has 1 saturated carbocycles. The number of rotatable bonds is 5. The lowest BCUT2D eigenvalue weighted by molar-refractivity contribution is -0.386. The van der Waals surface area contributed by atoms with Crippen LogP contribution in [0.1, 0.15) is 44.6 Å². The van der Waals surface area contributed by atoms with Gasteiger partial charge in [0.25, 0.3) is 0 Å². The normalized spacial score (nSPS) is 22.5. The van der Waals surface area contributed by atoms with E-state index in [4.69, 9.17) is 4.74 Å². The summed E-state index contributed by atoms with van der Waals surface area (Å²) in [5.41, 5.74) is 0.960. The van der Waals surface area contributed by atoms with Crippen LogP contribution in [0.2, 0.25) is 0 Å². The second-order valence-corrected chi connectivity index (χ2v) is 5.86. The fourth-order valence-electron chi connectivity index (χ4n) is 2.85. The Balaban J connectivity index is 2.21. The predicted molar refractivity (Wildman–Crippen MR) is 82.4 cm³/mol. The molecule has 0 saturated heterocycles. The van der Waals surface area contributed by atoms with E-state index in [1.807, 2.05) is 6.07 Å². The van der Waals surface area contributed by atoms with Crippen molar-refractivity contribution in [3.63, 3.8) is 0 Å². The molecule has 0 bridgehead atoms. The first-order chi connectivity index (χ1) is 9.65. The molecule has 1 aromatic rings. The Morgan fingerprint density at radius 3 is 2.80 bits per heavy atom. The summed E-state index contributed by atoms with van der Waals surface area (Å²) in [7, 11) is 0. The van der Waals surface area contributed by atoms with Gasteiger partial charge in [-0.15, -0.1) is 0 Å². The van der Waals surface area contributed by atoms with Crippen LogP contribution in [-0.2, 0) is 5.33 Å². The van der Waals surface area contributed by atoms with E-state index < -0.39 is 0 Å². The summed E-state index contributed by atoms with van der Waals surface area (Å²) in [5.74, 6) is 0.921. The Kier molecular flexibility index (Phi) is 5.40. The fraction of sp³-hybridized carbons (Fsp3) is 0.600. The van der Waals surface area contributed by atoms with Gasteiger partial charge in [0.2, 0.25) is 0 Å². The summed E-state index contributed by atoms with van der Waals surface area (Å²) in [5, 5.41) is 11.8. The van der Waals surface area contributed by atoms with Gasteiger partial charge in [0, 0.05) is 11.4 Å². The van der Waals surface area contributed by atoms with Gasteiger partial charge in [0.15, 0.2) is 5.75 Å². The predicted octanol–water partition coefficient (Wildman–Crippen LogP) is 4.84. The highest BCUT2D eigenvalue weighted by Crippen LogP contribution is 2.35. The Labute approximate surface area is 127 Å². The van der Waals surface area contributed by atoms with Crippen molar-refractivity contribution in [2.45, 2.75) is 50.5 Å². The monoisotopic (exact) mass is 341 g/mol. The van der Waals surface area contributed by atoms with Crippen molar-refractivity contribution in [1.29, 1.82) is 0 Å². The topological polar surface area (TPSA) is 52.4 Å². The van der Waals surface area contributed by atoms with Gasteiger partial charge in [-0.3, -0.25) is 10.1 Å². The summed E-state index contributed by atoms with van der Waals surface area (Å²) in [4.78, 5) is 10.8. The van der Waals surface area contributed by atoms with E-state index in [1.165, 1.54) is 6.42 Å². The van der Waals surface area contributed by atoms with Gasteiger partial charge in [0.05, 0.1) is 4.92 Å². The number of alkyl halides is 1. The fourth-order valence-corrected chi connectivity index (χ4v) is 3.20. The first-order valence-corrected chi connectivity index (χ1v) is 8.27. The van der Waals surface area contributed by atoms with Crippen LogP contribution >= 0.6 is 15.9 Å². The summed E-state index contributed by atoms with van der Waals surface area (Å²) < 4.78 is 5.99. The van der Waals surface area contributed by atoms with E-state index in [-0.39, 0.29) is 16.7 Å². The maximum atomic E-state index is 11.2. The molecule has 0 spiro atoms. The van der Waals surface area contributed by atoms with Gasteiger partial charge in [0.1, 0.15) is 6.10 Å². The number of halogens is 1. The Bertz CT molecular complexity index is 478. The van der Waals surface area contributed by atoms with Crippen LogP contribution in [0.3, 0.4) is 0 Å². The first-order valence-electron chi connectivity index (χ1n) is 7.15. The summed E-state index contributed by atoms with van der Waals surface area (Å²) >= 11 is 3.32. The lowest BCUT2D eigenvalue weighted by atomic mass is 9.85. The van der Waals surface area contributed by atoms with Crippen LogP contribution in [0.25, 0.3) is 0 Å². The van der Waals surface area contributed by atoms with E-state index in [0.717, 1.165) is 31.2 Å². The molecule has 1 aromatic carbocycles. The van der Waals surface area contributed by atoms with Crippen LogP contribution < -0.4 is 4.74 Å². The van der Waals surface area contributed by atoms with Gasteiger partial charge in [-0.2, -0.15) is 0 Å². The van der Waals surface area contributed by atoms with Crippen molar-refractivity contribution < 1.29 is 9.66 Å². The van der Waals surface area contributed by atoms with E-state index in [9.17, 15) is 10.1 Å². The number of nitro benzene ring substituents is 1. The highest BCUT2D eigenvalue weighted by atomic mass is 79.9. The molecule has 0 radical (unpaired) electrons. The minimum atomic E-state index is -0.356. The van der Waals surface area contributed by atoms with Crippen molar-refractivity contribution >= 4 is 21.6 Å². The molecule has 2 atom stereocenters. The quantitative estimate of drug-likeness (QED) is 0.437. The lowest BCUT2D eigenvalue weighted by Crippen LogP contribution is -2.30. The molecular weight excluding hydrogens is 322 g/mol. The molecule has 2 rings (SSSR count). The summed E-state index contributed by atoms with van der Waals surface area (Å²) in [6.45, 7) is 2.16. The first kappa shape index (κ1) is 15.3. The number of hydrogen-bond donors (Lipinski definition) is 0. The molecular formula is C15H20BrNO3. The van der Waals surface area contributed by atoms with Crippen LogP contribution in [0.4, 0.5) is 5.69 Å². The largest absolute Gasteiger partial charge is 0.483 e. The zero-order valence-corrected chi connectivity index (χ0v) is 13.3. The van der Waals surface area contributed by atoms with Crippen LogP contribution in [0.15, 0.2) is 18.2 Å². The maximum Gasteiger partial charge on any atom is 0.311 e. The lowest BCUT2D eigenvalue weighted by Gasteiger charge is -2.31. The van der Waals surface area contributed by atoms with Crippen molar-refractivity contribution in [2.75, 3.05) is 0 Å². The molecule has 1 fully saturated rings. The molecule has 1 aliphatic carbocycles. The van der Waals surface area contributed by atoms with Crippen molar-refractivity contribution in [3.8, 4) is 5.75 Å². The zero-order valence-electron chi connectivity index (χ0n) is 11.7. The minimum Gasteiger partial charge on any atom is -0.483 e. The second kappa shape index (κ2) is 7.07. The molecule has 5 heteroatoms. The molecule has 110 valence electrons. The number of benzene rings is 1. The van der Waals surface area contributed by atoms with E-state index in [1.54, 1.807) is 12.1 Å². The van der Waals surface area contributed by atoms with Gasteiger partial charge >= 0.3 is 5.69 Å². The average Bonchev–Trinajstić information content (AvgIpc) is 2.48. The number of ether oxygens (including phenoxy) is 1. The SMILES string of the molecule is CCC1CCCCC1Oc1ccc(CBr)cc1[N+](=O)[O-]. The van der Waals surface area contributed by atoms with Gasteiger partial charge in [-0.25, -0.2) is 0 Å². The number of hydrogen-bond acceptors (Lipinski definition) is 3. The molecule has 0 aromatic heterocycles. The highest BCUT2D eigenvalue weighted by Gasteiger charge is 2.27. The van der Waals surface area contributed by atoms with Gasteiger partial charge in [-0.1, -0.05) is 35.3 Å². The van der Waals surface area contributed by atoms with Gasteiger partial charge in [-0.05, 0) is 43.2 Å². The van der Waals surface area contributed by atoms with Crippen LogP contribution in [0, 0.1) is 16.0 Å². The molecule has 2 unspecified atom stereocenters. The molecule has 0 aliphatic heterocycles. The number of nitro groups is 1. The molecule has 20 heavy (non-hydrogen) atoms. The maximum absolute atomic E-state index is 11.2. The minimum absolute atomic E-state index is 0.0716. The third-order valence-electron chi connectivity index (χ3n) is 4.02. The summed E-state index contributed by atoms with van der Waals surface area (Å²) in [6, 6.07) is 5.20. The second-order valence-electron chi connectivity index (χ2n) is 5.30. The third-order valence-corrected chi connectivity index (χ3v) is 4.66. The summed E-state index contributed by atoms with van der Waals surface area (Å²) in [6.07, 6.45) is 5.72. The Morgan fingerprint density at radius 1 is 1.40 bits per heavy atom. The van der Waals surface area contributed by atoms with E-state index in [0.29, 0.717) is 17.0 Å². The van der Waals surface area contributed by atoms with Crippen molar-refractivity contribution in [2.24, 2.45) is 5.92 Å². The van der Waals surface area contributed by atoms with E-state index in [2.05, 4.69) is 22.9 Å². The molecule has 0 heterocycles. The zero-order chi connectivity index (χ0) is 14.5. The van der Waals surface area contributed by atoms with Crippen molar-refractivity contribution in [1.82, 2.24) is 0 Å². The molecule has 1 aliphatic rings. The van der Waals surface area contributed by atoms with Gasteiger partial charge < -0.3 is 4.74 Å². The molecule has 0 N–H and O–H groups in total. The third kappa shape index (κ3) is 3.51. The Hall–Kier alpha value is -1.10. The van der Waals surface area contributed by atoms with Crippen LogP contribution in [0.5, 0.6) is 5.75 Å². The van der Waals surface area contributed by atoms with E-state index >= 15 is 0 Å². The Morgan fingerprint density at radius 2 is 2.15 bits per heavy atom. The highest BCUT2D eigenvalue weighted by molar-refractivity contribution is 9.08. The van der Waals surface area contributed by atoms with Crippen LogP contribution in [-0.4, -0.2) is 11.0 Å².